The van der Waals surface area contributed by atoms with Crippen molar-refractivity contribution in [2.24, 2.45) is 0 Å². The zero-order valence-electron chi connectivity index (χ0n) is 10.9. The van der Waals surface area contributed by atoms with E-state index in [9.17, 15) is 0 Å². The molecular formula is C13H23N3. The fourth-order valence-electron chi connectivity index (χ4n) is 1.86. The molecule has 0 aromatic carbocycles. The molecule has 0 unspecified atom stereocenters. The minimum Gasteiger partial charge on any atom is -0.357 e. The van der Waals surface area contributed by atoms with Gasteiger partial charge in [-0.15, -0.1) is 0 Å². The van der Waals surface area contributed by atoms with Crippen molar-refractivity contribution >= 4 is 11.6 Å². The minimum atomic E-state index is 1.01. The largest absolute Gasteiger partial charge is 0.357 e. The highest BCUT2D eigenvalue weighted by molar-refractivity contribution is 5.48. The molecule has 1 aromatic heterocycles. The molecule has 0 saturated carbocycles. The quantitative estimate of drug-likeness (QED) is 0.736. The van der Waals surface area contributed by atoms with Gasteiger partial charge in [0.1, 0.15) is 11.6 Å². The Morgan fingerprint density at radius 3 is 1.50 bits per heavy atom. The van der Waals surface area contributed by atoms with Gasteiger partial charge in [0.25, 0.3) is 0 Å². The maximum atomic E-state index is 4.71. The SMILES string of the molecule is CCN(CC)c1cccc(N(CC)CC)n1. The molecule has 0 spiro atoms. The Bertz CT molecular complexity index is 277. The van der Waals surface area contributed by atoms with Gasteiger partial charge >= 0.3 is 0 Å². The van der Waals surface area contributed by atoms with Gasteiger partial charge in [-0.3, -0.25) is 0 Å². The van der Waals surface area contributed by atoms with Crippen LogP contribution in [0.1, 0.15) is 27.7 Å². The molecule has 0 aliphatic rings. The lowest BCUT2D eigenvalue weighted by molar-refractivity contribution is 0.819. The van der Waals surface area contributed by atoms with Crippen LogP contribution in [0.15, 0.2) is 18.2 Å². The van der Waals surface area contributed by atoms with Crippen LogP contribution in [0, 0.1) is 0 Å². The van der Waals surface area contributed by atoms with Crippen molar-refractivity contribution in [1.29, 1.82) is 0 Å². The van der Waals surface area contributed by atoms with Crippen LogP contribution in [0.25, 0.3) is 0 Å². The van der Waals surface area contributed by atoms with Crippen molar-refractivity contribution in [2.75, 3.05) is 36.0 Å². The number of rotatable bonds is 6. The Balaban J connectivity index is 2.93. The molecule has 0 atom stereocenters. The lowest BCUT2D eigenvalue weighted by Crippen LogP contribution is -2.26. The lowest BCUT2D eigenvalue weighted by Gasteiger charge is -2.24. The first kappa shape index (κ1) is 12.8. The molecule has 0 amide bonds. The second-order valence-electron chi connectivity index (χ2n) is 3.70. The molecule has 90 valence electrons. The second-order valence-corrected chi connectivity index (χ2v) is 3.70. The third-order valence-corrected chi connectivity index (χ3v) is 2.89. The van der Waals surface area contributed by atoms with E-state index in [2.05, 4.69) is 55.7 Å². The van der Waals surface area contributed by atoms with E-state index < -0.39 is 0 Å². The number of anilines is 2. The van der Waals surface area contributed by atoms with Crippen molar-refractivity contribution in [3.05, 3.63) is 18.2 Å². The Hall–Kier alpha value is -1.25. The van der Waals surface area contributed by atoms with Crippen LogP contribution in [0.3, 0.4) is 0 Å². The van der Waals surface area contributed by atoms with Gasteiger partial charge in [0.05, 0.1) is 0 Å². The lowest BCUT2D eigenvalue weighted by atomic mass is 10.3. The number of hydrogen-bond acceptors (Lipinski definition) is 3. The molecule has 0 bridgehead atoms. The number of aromatic nitrogens is 1. The van der Waals surface area contributed by atoms with Gasteiger partial charge in [-0.05, 0) is 39.8 Å². The molecule has 1 rings (SSSR count). The molecule has 0 aliphatic carbocycles. The highest BCUT2D eigenvalue weighted by atomic mass is 15.2. The van der Waals surface area contributed by atoms with Gasteiger partial charge in [-0.25, -0.2) is 4.98 Å². The summed E-state index contributed by atoms with van der Waals surface area (Å²) in [4.78, 5) is 9.25. The van der Waals surface area contributed by atoms with E-state index in [0.29, 0.717) is 0 Å². The van der Waals surface area contributed by atoms with Gasteiger partial charge in [-0.1, -0.05) is 6.07 Å². The van der Waals surface area contributed by atoms with Crippen LogP contribution >= 0.6 is 0 Å². The summed E-state index contributed by atoms with van der Waals surface area (Å²) in [6, 6.07) is 6.26. The third-order valence-electron chi connectivity index (χ3n) is 2.89. The van der Waals surface area contributed by atoms with Crippen molar-refractivity contribution in [3.8, 4) is 0 Å². The molecule has 3 nitrogen and oxygen atoms in total. The first-order valence-corrected chi connectivity index (χ1v) is 6.23. The fourth-order valence-corrected chi connectivity index (χ4v) is 1.86. The normalized spacial score (nSPS) is 10.2. The van der Waals surface area contributed by atoms with Gasteiger partial charge < -0.3 is 9.80 Å². The highest BCUT2D eigenvalue weighted by Crippen LogP contribution is 2.16. The van der Waals surface area contributed by atoms with E-state index >= 15 is 0 Å². The number of pyridine rings is 1. The molecular weight excluding hydrogens is 198 g/mol. The molecule has 0 N–H and O–H groups in total. The average Bonchev–Trinajstić information content (AvgIpc) is 2.33. The molecule has 0 saturated heterocycles. The summed E-state index contributed by atoms with van der Waals surface area (Å²) in [5, 5.41) is 0. The monoisotopic (exact) mass is 221 g/mol. The summed E-state index contributed by atoms with van der Waals surface area (Å²) < 4.78 is 0. The number of nitrogens with zero attached hydrogens (tertiary/aromatic N) is 3. The van der Waals surface area contributed by atoms with E-state index in [1.54, 1.807) is 0 Å². The number of hydrogen-bond donors (Lipinski definition) is 0. The molecule has 1 heterocycles. The maximum absolute atomic E-state index is 4.71. The van der Waals surface area contributed by atoms with Crippen LogP contribution in [0.2, 0.25) is 0 Å². The van der Waals surface area contributed by atoms with E-state index in [0.717, 1.165) is 37.8 Å². The van der Waals surface area contributed by atoms with E-state index in [1.165, 1.54) is 0 Å². The fraction of sp³-hybridized carbons (Fsp3) is 0.615. The predicted octanol–water partition coefficient (Wildman–Crippen LogP) is 2.77. The maximum Gasteiger partial charge on any atom is 0.130 e. The standard InChI is InChI=1S/C13H23N3/c1-5-15(6-2)12-10-9-11-13(14-12)16(7-3)8-4/h9-11H,5-8H2,1-4H3. The smallest absolute Gasteiger partial charge is 0.130 e. The molecule has 0 fully saturated rings. The van der Waals surface area contributed by atoms with Crippen LogP contribution in [-0.4, -0.2) is 31.2 Å². The summed E-state index contributed by atoms with van der Waals surface area (Å²) in [6.45, 7) is 12.7. The van der Waals surface area contributed by atoms with Crippen molar-refractivity contribution in [3.63, 3.8) is 0 Å². The Labute approximate surface area is 99.1 Å². The van der Waals surface area contributed by atoms with Gasteiger partial charge in [0, 0.05) is 26.2 Å². The summed E-state index contributed by atoms with van der Waals surface area (Å²) >= 11 is 0. The van der Waals surface area contributed by atoms with E-state index in [4.69, 9.17) is 4.98 Å². The van der Waals surface area contributed by atoms with Crippen LogP contribution in [-0.2, 0) is 0 Å². The molecule has 3 heteroatoms. The molecule has 16 heavy (non-hydrogen) atoms. The van der Waals surface area contributed by atoms with Gasteiger partial charge in [-0.2, -0.15) is 0 Å². The topological polar surface area (TPSA) is 19.4 Å². The third kappa shape index (κ3) is 2.87. The molecule has 0 aliphatic heterocycles. The highest BCUT2D eigenvalue weighted by Gasteiger charge is 2.07. The zero-order chi connectivity index (χ0) is 12.0. The Kier molecular flexibility index (Phi) is 5.09. The van der Waals surface area contributed by atoms with Crippen LogP contribution in [0.5, 0.6) is 0 Å². The molecule has 0 radical (unpaired) electrons. The second kappa shape index (κ2) is 6.36. The predicted molar refractivity (Wildman–Crippen MR) is 71.4 cm³/mol. The van der Waals surface area contributed by atoms with Crippen LogP contribution in [0.4, 0.5) is 11.6 Å². The average molecular weight is 221 g/mol. The van der Waals surface area contributed by atoms with Gasteiger partial charge in [0.2, 0.25) is 0 Å². The Morgan fingerprint density at radius 2 is 1.19 bits per heavy atom. The van der Waals surface area contributed by atoms with Crippen molar-refractivity contribution in [1.82, 2.24) is 4.98 Å². The Morgan fingerprint density at radius 1 is 0.812 bits per heavy atom. The first-order valence-electron chi connectivity index (χ1n) is 6.23. The summed E-state index contributed by atoms with van der Waals surface area (Å²) in [5.41, 5.74) is 0. The zero-order valence-corrected chi connectivity index (χ0v) is 10.9. The van der Waals surface area contributed by atoms with Crippen molar-refractivity contribution in [2.45, 2.75) is 27.7 Å². The summed E-state index contributed by atoms with van der Waals surface area (Å²) in [6.07, 6.45) is 0. The van der Waals surface area contributed by atoms with Crippen LogP contribution < -0.4 is 9.80 Å². The minimum absolute atomic E-state index is 1.01. The van der Waals surface area contributed by atoms with E-state index in [-0.39, 0.29) is 0 Å². The molecule has 1 aromatic rings. The summed E-state index contributed by atoms with van der Waals surface area (Å²) in [5.74, 6) is 2.16. The first-order chi connectivity index (χ1) is 7.76. The summed E-state index contributed by atoms with van der Waals surface area (Å²) in [7, 11) is 0. The van der Waals surface area contributed by atoms with E-state index in [1.807, 2.05) is 0 Å². The van der Waals surface area contributed by atoms with Gasteiger partial charge in [0.15, 0.2) is 0 Å². The van der Waals surface area contributed by atoms with Crippen molar-refractivity contribution < 1.29 is 0 Å².